The van der Waals surface area contributed by atoms with Crippen LogP contribution in [0.5, 0.6) is 0 Å². The molecule has 0 aliphatic carbocycles. The molecule has 1 saturated heterocycles. The summed E-state index contributed by atoms with van der Waals surface area (Å²) >= 11 is 1.56. The van der Waals surface area contributed by atoms with E-state index in [1.54, 1.807) is 23.6 Å². The maximum atomic E-state index is 14.1. The molecule has 4 heterocycles. The normalized spacial score (nSPS) is 18.4. The molecule has 0 aromatic carbocycles. The first-order valence-corrected chi connectivity index (χ1v) is 10.3. The molecule has 0 saturated carbocycles. The number of piperidine rings is 1. The maximum Gasteiger partial charge on any atom is 0.261 e. The van der Waals surface area contributed by atoms with E-state index in [2.05, 4.69) is 15.2 Å². The molecule has 0 radical (unpaired) electrons. The lowest BCUT2D eigenvalue weighted by atomic mass is 9.85. The third-order valence-electron chi connectivity index (χ3n) is 5.39. The van der Waals surface area contributed by atoms with Crippen LogP contribution in [0, 0.1) is 5.82 Å². The Bertz CT molecular complexity index is 830. The number of carbonyl (C=O) groups excluding carboxylic acids is 1. The Morgan fingerprint density at radius 2 is 2.26 bits per heavy atom. The van der Waals surface area contributed by atoms with Crippen molar-refractivity contribution in [1.29, 1.82) is 0 Å². The van der Waals surface area contributed by atoms with Gasteiger partial charge in [0.15, 0.2) is 5.82 Å². The van der Waals surface area contributed by atoms with Crippen molar-refractivity contribution in [2.45, 2.75) is 38.2 Å². The molecule has 1 amide bonds. The highest BCUT2D eigenvalue weighted by Gasteiger charge is 2.43. The van der Waals surface area contributed by atoms with Gasteiger partial charge in [0.05, 0.1) is 23.4 Å². The fourth-order valence-electron chi connectivity index (χ4n) is 3.96. The number of carbonyl (C=O) groups is 1. The van der Waals surface area contributed by atoms with E-state index in [9.17, 15) is 9.18 Å². The standard InChI is InChI=1S/C20H24FN3O2S/c1-2-7-23-19(25)17-12-14-4-11-26-20(18(14)27-17)5-9-24(10-6-20)16-3-8-22-13-15(16)21/h3,8,12-13H,2,4-7,9-11H2,1H3,(H,23,25). The van der Waals surface area contributed by atoms with Crippen LogP contribution in [-0.2, 0) is 16.8 Å². The lowest BCUT2D eigenvalue weighted by molar-refractivity contribution is -0.0735. The van der Waals surface area contributed by atoms with E-state index >= 15 is 0 Å². The first kappa shape index (κ1) is 18.4. The van der Waals surface area contributed by atoms with Gasteiger partial charge in [0.1, 0.15) is 5.60 Å². The summed E-state index contributed by atoms with van der Waals surface area (Å²) in [5.74, 6) is -0.285. The van der Waals surface area contributed by atoms with E-state index in [4.69, 9.17) is 4.74 Å². The lowest BCUT2D eigenvalue weighted by Crippen LogP contribution is -2.46. The summed E-state index contributed by atoms with van der Waals surface area (Å²) in [7, 11) is 0. The zero-order chi connectivity index (χ0) is 18.9. The minimum Gasteiger partial charge on any atom is -0.369 e. The Hall–Kier alpha value is -1.99. The van der Waals surface area contributed by atoms with E-state index < -0.39 is 0 Å². The molecule has 2 aliphatic heterocycles. The molecule has 5 nitrogen and oxygen atoms in total. The minimum absolute atomic E-state index is 0.00249. The van der Waals surface area contributed by atoms with E-state index in [1.807, 2.05) is 13.0 Å². The van der Waals surface area contributed by atoms with Crippen molar-refractivity contribution in [2.75, 3.05) is 31.1 Å². The maximum absolute atomic E-state index is 14.1. The largest absolute Gasteiger partial charge is 0.369 e. The zero-order valence-corrected chi connectivity index (χ0v) is 16.3. The Kier molecular flexibility index (Phi) is 5.14. The van der Waals surface area contributed by atoms with Gasteiger partial charge in [-0.2, -0.15) is 0 Å². The van der Waals surface area contributed by atoms with Crippen LogP contribution in [0.1, 0.15) is 46.3 Å². The number of anilines is 1. The van der Waals surface area contributed by atoms with Crippen LogP contribution < -0.4 is 10.2 Å². The van der Waals surface area contributed by atoms with Crippen molar-refractivity contribution in [1.82, 2.24) is 10.3 Å². The molecule has 27 heavy (non-hydrogen) atoms. The predicted octanol–water partition coefficient (Wildman–Crippen LogP) is 3.49. The lowest BCUT2D eigenvalue weighted by Gasteiger charge is -2.44. The summed E-state index contributed by atoms with van der Waals surface area (Å²) in [6, 6.07) is 3.76. The molecule has 2 aliphatic rings. The van der Waals surface area contributed by atoms with Crippen molar-refractivity contribution < 1.29 is 13.9 Å². The van der Waals surface area contributed by atoms with Gasteiger partial charge in [-0.1, -0.05) is 6.92 Å². The van der Waals surface area contributed by atoms with Crippen LogP contribution in [0.2, 0.25) is 0 Å². The highest BCUT2D eigenvalue weighted by Crippen LogP contribution is 2.46. The molecule has 0 bridgehead atoms. The smallest absolute Gasteiger partial charge is 0.261 e. The molecule has 2 aromatic heterocycles. The third-order valence-corrected chi connectivity index (χ3v) is 6.76. The van der Waals surface area contributed by atoms with E-state index in [0.717, 1.165) is 43.6 Å². The average molecular weight is 389 g/mol. The Morgan fingerprint density at radius 3 is 3.00 bits per heavy atom. The summed E-state index contributed by atoms with van der Waals surface area (Å²) < 4.78 is 20.3. The third kappa shape index (κ3) is 3.46. The fourth-order valence-corrected chi connectivity index (χ4v) is 5.29. The number of pyridine rings is 1. The average Bonchev–Trinajstić information content (AvgIpc) is 3.14. The van der Waals surface area contributed by atoms with Crippen LogP contribution in [-0.4, -0.2) is 37.1 Å². The molecule has 1 fully saturated rings. The topological polar surface area (TPSA) is 54.5 Å². The number of fused-ring (bicyclic) bond motifs is 2. The van der Waals surface area contributed by atoms with E-state index in [0.29, 0.717) is 18.8 Å². The van der Waals surface area contributed by atoms with E-state index in [-0.39, 0.29) is 17.3 Å². The second-order valence-electron chi connectivity index (χ2n) is 7.13. The van der Waals surface area contributed by atoms with Gasteiger partial charge >= 0.3 is 0 Å². The van der Waals surface area contributed by atoms with Crippen molar-refractivity contribution in [3.63, 3.8) is 0 Å². The number of nitrogens with one attached hydrogen (secondary N) is 1. The van der Waals surface area contributed by atoms with Gasteiger partial charge in [0, 0.05) is 30.7 Å². The Morgan fingerprint density at radius 1 is 1.44 bits per heavy atom. The second-order valence-corrected chi connectivity index (χ2v) is 8.18. The molecule has 144 valence electrons. The van der Waals surface area contributed by atoms with Gasteiger partial charge in [0.2, 0.25) is 0 Å². The molecule has 1 spiro atoms. The summed E-state index contributed by atoms with van der Waals surface area (Å²) in [5, 5.41) is 2.96. The number of halogens is 1. The number of amides is 1. The van der Waals surface area contributed by atoms with Gasteiger partial charge in [-0.25, -0.2) is 4.39 Å². The van der Waals surface area contributed by atoms with Crippen LogP contribution >= 0.6 is 11.3 Å². The van der Waals surface area contributed by atoms with Crippen LogP contribution in [0.3, 0.4) is 0 Å². The van der Waals surface area contributed by atoms with Gasteiger partial charge in [-0.05, 0) is 43.4 Å². The van der Waals surface area contributed by atoms with Gasteiger partial charge in [0.25, 0.3) is 5.91 Å². The van der Waals surface area contributed by atoms with Crippen LogP contribution in [0.4, 0.5) is 10.1 Å². The van der Waals surface area contributed by atoms with Crippen molar-refractivity contribution in [2.24, 2.45) is 0 Å². The molecule has 2 aromatic rings. The molecular weight excluding hydrogens is 365 g/mol. The molecule has 7 heteroatoms. The van der Waals surface area contributed by atoms with Crippen LogP contribution in [0.25, 0.3) is 0 Å². The molecular formula is C20H24FN3O2S. The minimum atomic E-state index is -0.346. The van der Waals surface area contributed by atoms with Crippen molar-refractivity contribution >= 4 is 22.9 Å². The Labute approximate surface area is 162 Å². The SMILES string of the molecule is CCCNC(=O)c1cc2c(s1)C1(CCN(c3ccncc3F)CC1)OCC2. The summed E-state index contributed by atoms with van der Waals surface area (Å²) in [6.45, 7) is 4.84. The monoisotopic (exact) mass is 389 g/mol. The highest BCUT2D eigenvalue weighted by atomic mass is 32.1. The van der Waals surface area contributed by atoms with Crippen LogP contribution in [0.15, 0.2) is 24.5 Å². The Balaban J connectivity index is 1.54. The second kappa shape index (κ2) is 7.56. The quantitative estimate of drug-likeness (QED) is 0.870. The molecule has 0 unspecified atom stereocenters. The number of hydrogen-bond donors (Lipinski definition) is 1. The van der Waals surface area contributed by atoms with Gasteiger partial charge in [-0.3, -0.25) is 9.78 Å². The molecule has 0 atom stereocenters. The number of nitrogens with zero attached hydrogens (tertiary/aromatic N) is 2. The van der Waals surface area contributed by atoms with Crippen molar-refractivity contribution in [3.8, 4) is 0 Å². The number of hydrogen-bond acceptors (Lipinski definition) is 5. The van der Waals surface area contributed by atoms with Gasteiger partial charge in [-0.15, -0.1) is 11.3 Å². The number of ether oxygens (including phenoxy) is 1. The van der Waals surface area contributed by atoms with E-state index in [1.165, 1.54) is 16.6 Å². The zero-order valence-electron chi connectivity index (χ0n) is 15.5. The first-order valence-electron chi connectivity index (χ1n) is 9.53. The number of thiophene rings is 1. The number of rotatable bonds is 4. The summed E-state index contributed by atoms with van der Waals surface area (Å²) in [6.07, 6.45) is 6.23. The predicted molar refractivity (Wildman–Crippen MR) is 104 cm³/mol. The highest BCUT2D eigenvalue weighted by molar-refractivity contribution is 7.14. The summed E-state index contributed by atoms with van der Waals surface area (Å²) in [4.78, 5) is 20.2. The number of aromatic nitrogens is 1. The van der Waals surface area contributed by atoms with Crippen molar-refractivity contribution in [3.05, 3.63) is 45.7 Å². The summed E-state index contributed by atoms with van der Waals surface area (Å²) in [5.41, 5.74) is 1.49. The van der Waals surface area contributed by atoms with Gasteiger partial charge < -0.3 is 15.0 Å². The fraction of sp³-hybridized carbons (Fsp3) is 0.500. The molecule has 1 N–H and O–H groups in total. The first-order chi connectivity index (χ1) is 13.1. The molecule has 4 rings (SSSR count).